The molecule has 0 saturated carbocycles. The summed E-state index contributed by atoms with van der Waals surface area (Å²) in [5.41, 5.74) is 8.42. The second-order valence-electron chi connectivity index (χ2n) is 4.37. The maximum atomic E-state index is 12.3. The van der Waals surface area contributed by atoms with Crippen molar-refractivity contribution in [3.05, 3.63) is 52.0 Å². The summed E-state index contributed by atoms with van der Waals surface area (Å²) in [5.74, 6) is 0.545. The molecule has 0 aromatic heterocycles. The Hall–Kier alpha value is -2.01. The highest BCUT2D eigenvalue weighted by atomic mass is 79.9. The third-order valence-corrected chi connectivity index (χ3v) is 3.61. The zero-order chi connectivity index (χ0) is 14.7. The maximum Gasteiger partial charge on any atom is 0.256 e. The summed E-state index contributed by atoms with van der Waals surface area (Å²) in [7, 11) is 1.61. The number of hydrogen-bond acceptors (Lipinski definition) is 3. The number of amides is 1. The molecule has 3 N–H and O–H groups in total. The van der Waals surface area contributed by atoms with Gasteiger partial charge in [0.25, 0.3) is 5.91 Å². The van der Waals surface area contributed by atoms with Gasteiger partial charge in [0, 0.05) is 15.8 Å². The van der Waals surface area contributed by atoms with Crippen molar-refractivity contribution in [1.29, 1.82) is 0 Å². The second-order valence-corrected chi connectivity index (χ2v) is 5.23. The lowest BCUT2D eigenvalue weighted by Gasteiger charge is -2.11. The van der Waals surface area contributed by atoms with Gasteiger partial charge >= 0.3 is 0 Å². The van der Waals surface area contributed by atoms with E-state index in [-0.39, 0.29) is 5.91 Å². The SMILES string of the molecule is COc1ccc(NC(=O)c2cc(N)ccc2Br)c(C)c1. The Morgan fingerprint density at radius 1 is 1.25 bits per heavy atom. The largest absolute Gasteiger partial charge is 0.497 e. The Labute approximate surface area is 126 Å². The fourth-order valence-electron chi connectivity index (χ4n) is 1.81. The molecule has 0 aliphatic carbocycles. The Balaban J connectivity index is 2.25. The van der Waals surface area contributed by atoms with E-state index >= 15 is 0 Å². The zero-order valence-electron chi connectivity index (χ0n) is 11.2. The monoisotopic (exact) mass is 334 g/mol. The van der Waals surface area contributed by atoms with Gasteiger partial charge in [-0.05, 0) is 64.8 Å². The van der Waals surface area contributed by atoms with Gasteiger partial charge in [0.1, 0.15) is 5.75 Å². The number of carbonyl (C=O) groups excluding carboxylic acids is 1. The molecule has 20 heavy (non-hydrogen) atoms. The first-order chi connectivity index (χ1) is 9.51. The lowest BCUT2D eigenvalue weighted by Crippen LogP contribution is -2.13. The van der Waals surface area contributed by atoms with Crippen LogP contribution in [0.3, 0.4) is 0 Å². The molecule has 0 aliphatic rings. The third-order valence-electron chi connectivity index (χ3n) is 2.92. The number of anilines is 2. The molecule has 0 radical (unpaired) electrons. The van der Waals surface area contributed by atoms with Crippen molar-refractivity contribution in [2.24, 2.45) is 0 Å². The number of nitrogens with two attached hydrogens (primary N) is 1. The summed E-state index contributed by atoms with van der Waals surface area (Å²) < 4.78 is 5.84. The minimum Gasteiger partial charge on any atom is -0.497 e. The molecule has 2 rings (SSSR count). The van der Waals surface area contributed by atoms with Crippen LogP contribution >= 0.6 is 15.9 Å². The maximum absolute atomic E-state index is 12.3. The average Bonchev–Trinajstić information content (AvgIpc) is 2.43. The summed E-state index contributed by atoms with van der Waals surface area (Å²) in [6.07, 6.45) is 0. The number of methoxy groups -OCH3 is 1. The molecule has 0 saturated heterocycles. The van der Waals surface area contributed by atoms with E-state index in [0.29, 0.717) is 15.7 Å². The molecule has 2 aromatic rings. The van der Waals surface area contributed by atoms with Crippen molar-refractivity contribution >= 4 is 33.2 Å². The number of aryl methyl sites for hydroxylation is 1. The molecule has 0 aliphatic heterocycles. The van der Waals surface area contributed by atoms with Crippen LogP contribution in [0.25, 0.3) is 0 Å². The summed E-state index contributed by atoms with van der Waals surface area (Å²) in [6, 6.07) is 10.6. The van der Waals surface area contributed by atoms with Crippen molar-refractivity contribution < 1.29 is 9.53 Å². The van der Waals surface area contributed by atoms with Crippen LogP contribution in [0.4, 0.5) is 11.4 Å². The number of hydrogen-bond donors (Lipinski definition) is 2. The Bertz CT molecular complexity index is 656. The summed E-state index contributed by atoms with van der Waals surface area (Å²) in [4.78, 5) is 12.3. The van der Waals surface area contributed by atoms with Gasteiger partial charge in [-0.15, -0.1) is 0 Å². The summed E-state index contributed by atoms with van der Waals surface area (Å²) >= 11 is 3.35. The number of ether oxygens (including phenoxy) is 1. The van der Waals surface area contributed by atoms with E-state index in [2.05, 4.69) is 21.2 Å². The smallest absolute Gasteiger partial charge is 0.256 e. The number of rotatable bonds is 3. The number of benzene rings is 2. The molecule has 5 heteroatoms. The second kappa shape index (κ2) is 5.96. The van der Waals surface area contributed by atoms with Gasteiger partial charge in [-0.25, -0.2) is 0 Å². The van der Waals surface area contributed by atoms with Crippen LogP contribution < -0.4 is 15.8 Å². The normalized spacial score (nSPS) is 10.2. The van der Waals surface area contributed by atoms with E-state index in [1.807, 2.05) is 19.1 Å². The quantitative estimate of drug-likeness (QED) is 0.843. The van der Waals surface area contributed by atoms with E-state index < -0.39 is 0 Å². The highest BCUT2D eigenvalue weighted by molar-refractivity contribution is 9.10. The van der Waals surface area contributed by atoms with Crippen LogP contribution in [0.1, 0.15) is 15.9 Å². The van der Waals surface area contributed by atoms with Crippen LogP contribution in [0.5, 0.6) is 5.75 Å². The summed E-state index contributed by atoms with van der Waals surface area (Å²) in [6.45, 7) is 1.91. The predicted octanol–water partition coefficient (Wildman–Crippen LogP) is 3.60. The topological polar surface area (TPSA) is 64.3 Å². The fourth-order valence-corrected chi connectivity index (χ4v) is 2.24. The van der Waals surface area contributed by atoms with Crippen molar-refractivity contribution in [2.45, 2.75) is 6.92 Å². The number of carbonyl (C=O) groups is 1. The number of nitrogen functional groups attached to an aromatic ring is 1. The first kappa shape index (κ1) is 14.4. The van der Waals surface area contributed by atoms with Crippen LogP contribution in [0.15, 0.2) is 40.9 Å². The third kappa shape index (κ3) is 3.11. The minimum atomic E-state index is -0.211. The van der Waals surface area contributed by atoms with E-state index in [1.165, 1.54) is 0 Å². The standard InChI is InChI=1S/C15H15BrN2O2/c1-9-7-11(20-2)4-6-14(9)18-15(19)12-8-10(17)3-5-13(12)16/h3-8H,17H2,1-2H3,(H,18,19). The van der Waals surface area contributed by atoms with Gasteiger partial charge in [0.05, 0.1) is 12.7 Å². The minimum absolute atomic E-state index is 0.211. The molecule has 2 aromatic carbocycles. The lowest BCUT2D eigenvalue weighted by atomic mass is 10.1. The molecule has 0 fully saturated rings. The molecule has 0 heterocycles. The highest BCUT2D eigenvalue weighted by Crippen LogP contribution is 2.24. The van der Waals surface area contributed by atoms with Crippen molar-refractivity contribution in [1.82, 2.24) is 0 Å². The molecule has 104 valence electrons. The van der Waals surface area contributed by atoms with Gasteiger partial charge in [-0.1, -0.05) is 0 Å². The van der Waals surface area contributed by atoms with Crippen LogP contribution in [-0.2, 0) is 0 Å². The van der Waals surface area contributed by atoms with Crippen LogP contribution in [0, 0.1) is 6.92 Å². The first-order valence-electron chi connectivity index (χ1n) is 6.02. The molecule has 0 unspecified atom stereocenters. The number of nitrogens with one attached hydrogen (secondary N) is 1. The molecule has 4 nitrogen and oxygen atoms in total. The molecule has 0 bridgehead atoms. The average molecular weight is 335 g/mol. The van der Waals surface area contributed by atoms with Crippen LogP contribution in [0.2, 0.25) is 0 Å². The summed E-state index contributed by atoms with van der Waals surface area (Å²) in [5, 5.41) is 2.87. The van der Waals surface area contributed by atoms with Gasteiger partial charge in [0.15, 0.2) is 0 Å². The first-order valence-corrected chi connectivity index (χ1v) is 6.81. The van der Waals surface area contributed by atoms with Gasteiger partial charge in [0.2, 0.25) is 0 Å². The predicted molar refractivity (Wildman–Crippen MR) is 84.2 cm³/mol. The van der Waals surface area contributed by atoms with Gasteiger partial charge in [-0.3, -0.25) is 4.79 Å². The number of halogens is 1. The van der Waals surface area contributed by atoms with E-state index in [4.69, 9.17) is 10.5 Å². The Morgan fingerprint density at radius 3 is 2.65 bits per heavy atom. The Morgan fingerprint density at radius 2 is 2.00 bits per heavy atom. The zero-order valence-corrected chi connectivity index (χ0v) is 12.8. The van der Waals surface area contributed by atoms with E-state index in [0.717, 1.165) is 17.0 Å². The lowest BCUT2D eigenvalue weighted by molar-refractivity contribution is 0.102. The molecule has 0 atom stereocenters. The van der Waals surface area contributed by atoms with Gasteiger partial charge < -0.3 is 15.8 Å². The molecule has 1 amide bonds. The van der Waals surface area contributed by atoms with Crippen molar-refractivity contribution in [3.63, 3.8) is 0 Å². The molecular weight excluding hydrogens is 320 g/mol. The molecule has 0 spiro atoms. The van der Waals surface area contributed by atoms with E-state index in [1.54, 1.807) is 31.4 Å². The Kier molecular flexibility index (Phi) is 4.29. The fraction of sp³-hybridized carbons (Fsp3) is 0.133. The van der Waals surface area contributed by atoms with Crippen LogP contribution in [-0.4, -0.2) is 13.0 Å². The van der Waals surface area contributed by atoms with Gasteiger partial charge in [-0.2, -0.15) is 0 Å². The molecular formula is C15H15BrN2O2. The van der Waals surface area contributed by atoms with Crippen molar-refractivity contribution in [2.75, 3.05) is 18.2 Å². The highest BCUT2D eigenvalue weighted by Gasteiger charge is 2.12. The van der Waals surface area contributed by atoms with E-state index in [9.17, 15) is 4.79 Å². The van der Waals surface area contributed by atoms with Crippen molar-refractivity contribution in [3.8, 4) is 5.75 Å².